The standard InChI is InChI=1S/C11H15NO6S/c1-6-9(11(14)15)10(7(2)18-6)19(16,17)12-4-3-8(13)5-12/h8,13H,3-5H2,1-2H3,(H,14,15)/t8-/m1/s1. The molecule has 8 heteroatoms. The highest BCUT2D eigenvalue weighted by Gasteiger charge is 2.38. The first-order valence-corrected chi connectivity index (χ1v) is 7.20. The quantitative estimate of drug-likeness (QED) is 0.831. The van der Waals surface area contributed by atoms with Crippen LogP contribution in [0.25, 0.3) is 0 Å². The molecule has 0 aliphatic carbocycles. The Morgan fingerprint density at radius 1 is 1.37 bits per heavy atom. The summed E-state index contributed by atoms with van der Waals surface area (Å²) in [6.45, 7) is 2.98. The first-order chi connectivity index (χ1) is 8.75. The van der Waals surface area contributed by atoms with Gasteiger partial charge in [-0.1, -0.05) is 0 Å². The van der Waals surface area contributed by atoms with Gasteiger partial charge in [0.15, 0.2) is 0 Å². The number of hydrogen-bond donors (Lipinski definition) is 2. The number of carboxylic acid groups (broad SMARTS) is 1. The fourth-order valence-electron chi connectivity index (χ4n) is 2.28. The van der Waals surface area contributed by atoms with Crippen molar-refractivity contribution in [2.24, 2.45) is 0 Å². The molecule has 2 N–H and O–H groups in total. The summed E-state index contributed by atoms with van der Waals surface area (Å²) in [5.74, 6) is -1.23. The number of hydrogen-bond acceptors (Lipinski definition) is 5. The molecule has 1 fully saturated rings. The molecular formula is C11H15NO6S. The van der Waals surface area contributed by atoms with Crippen molar-refractivity contribution in [2.45, 2.75) is 31.3 Å². The van der Waals surface area contributed by atoms with Gasteiger partial charge in [0.1, 0.15) is 22.0 Å². The molecule has 7 nitrogen and oxygen atoms in total. The molecule has 0 amide bonds. The summed E-state index contributed by atoms with van der Waals surface area (Å²) in [5.41, 5.74) is -0.334. The van der Waals surface area contributed by atoms with Gasteiger partial charge in [0, 0.05) is 13.1 Å². The molecule has 1 aromatic rings. The number of aromatic carboxylic acids is 1. The minimum Gasteiger partial charge on any atom is -0.478 e. The summed E-state index contributed by atoms with van der Waals surface area (Å²) in [4.78, 5) is 10.9. The maximum atomic E-state index is 12.4. The fourth-order valence-corrected chi connectivity index (χ4v) is 4.15. The van der Waals surface area contributed by atoms with Gasteiger partial charge in [0.25, 0.3) is 0 Å². The predicted molar refractivity (Wildman–Crippen MR) is 64.5 cm³/mol. The third-order valence-corrected chi connectivity index (χ3v) is 5.16. The zero-order chi connectivity index (χ0) is 14.4. The van der Waals surface area contributed by atoms with Crippen LogP contribution in [0.15, 0.2) is 9.31 Å². The molecule has 1 aliphatic heterocycles. The Hall–Kier alpha value is -1.38. The van der Waals surface area contributed by atoms with Crippen LogP contribution in [0.4, 0.5) is 0 Å². The van der Waals surface area contributed by atoms with Crippen LogP contribution in [-0.4, -0.2) is 48.1 Å². The van der Waals surface area contributed by atoms with Crippen molar-refractivity contribution in [3.63, 3.8) is 0 Å². The lowest BCUT2D eigenvalue weighted by Crippen LogP contribution is -2.31. The van der Waals surface area contributed by atoms with E-state index in [2.05, 4.69) is 0 Å². The molecule has 0 radical (unpaired) electrons. The molecule has 1 saturated heterocycles. The van der Waals surface area contributed by atoms with Gasteiger partial charge in [-0.05, 0) is 20.3 Å². The maximum Gasteiger partial charge on any atom is 0.340 e. The normalized spacial score (nSPS) is 20.9. The molecule has 2 rings (SSSR count). The van der Waals surface area contributed by atoms with E-state index in [1.165, 1.54) is 13.8 Å². The largest absolute Gasteiger partial charge is 0.478 e. The van der Waals surface area contributed by atoms with E-state index in [-0.39, 0.29) is 35.1 Å². The number of furan rings is 1. The van der Waals surface area contributed by atoms with E-state index in [1.54, 1.807) is 0 Å². The predicted octanol–water partition coefficient (Wildman–Crippen LogP) is 0.350. The van der Waals surface area contributed by atoms with Crippen molar-refractivity contribution in [3.8, 4) is 0 Å². The molecule has 2 heterocycles. The minimum absolute atomic E-state index is 0.0228. The number of aliphatic hydroxyl groups is 1. The Bertz CT molecular complexity index is 617. The highest BCUT2D eigenvalue weighted by Crippen LogP contribution is 2.30. The maximum absolute atomic E-state index is 12.4. The van der Waals surface area contributed by atoms with Gasteiger partial charge < -0.3 is 14.6 Å². The van der Waals surface area contributed by atoms with E-state index in [9.17, 15) is 18.3 Å². The van der Waals surface area contributed by atoms with E-state index in [0.29, 0.717) is 6.42 Å². The van der Waals surface area contributed by atoms with Crippen molar-refractivity contribution >= 4 is 16.0 Å². The topological polar surface area (TPSA) is 108 Å². The average molecular weight is 289 g/mol. The lowest BCUT2D eigenvalue weighted by molar-refractivity contribution is 0.0691. The number of nitrogens with zero attached hydrogens (tertiary/aromatic N) is 1. The van der Waals surface area contributed by atoms with E-state index in [1.807, 2.05) is 0 Å². The van der Waals surface area contributed by atoms with Crippen LogP contribution >= 0.6 is 0 Å². The average Bonchev–Trinajstić information content (AvgIpc) is 2.82. The van der Waals surface area contributed by atoms with Gasteiger partial charge in [-0.25, -0.2) is 13.2 Å². The number of aryl methyl sites for hydroxylation is 2. The molecule has 1 aliphatic rings. The number of aliphatic hydroxyl groups excluding tert-OH is 1. The molecule has 0 spiro atoms. The monoisotopic (exact) mass is 289 g/mol. The molecule has 19 heavy (non-hydrogen) atoms. The number of carbonyl (C=O) groups is 1. The summed E-state index contributed by atoms with van der Waals surface area (Å²) in [5, 5.41) is 18.5. The van der Waals surface area contributed by atoms with Gasteiger partial charge >= 0.3 is 5.97 Å². The lowest BCUT2D eigenvalue weighted by Gasteiger charge is -2.15. The molecule has 0 unspecified atom stereocenters. The zero-order valence-corrected chi connectivity index (χ0v) is 11.4. The Labute approximate surface area is 110 Å². The van der Waals surface area contributed by atoms with E-state index in [0.717, 1.165) is 4.31 Å². The van der Waals surface area contributed by atoms with Crippen LogP contribution in [0, 0.1) is 13.8 Å². The van der Waals surface area contributed by atoms with Crippen LogP contribution in [0.2, 0.25) is 0 Å². The summed E-state index contributed by atoms with van der Waals surface area (Å²) >= 11 is 0. The van der Waals surface area contributed by atoms with E-state index in [4.69, 9.17) is 9.52 Å². The van der Waals surface area contributed by atoms with Crippen molar-refractivity contribution in [1.82, 2.24) is 4.31 Å². The van der Waals surface area contributed by atoms with Crippen LogP contribution < -0.4 is 0 Å². The third kappa shape index (κ3) is 2.26. The van der Waals surface area contributed by atoms with Crippen LogP contribution in [-0.2, 0) is 10.0 Å². The van der Waals surface area contributed by atoms with Gasteiger partial charge in [-0.2, -0.15) is 4.31 Å². The Morgan fingerprint density at radius 2 is 2.00 bits per heavy atom. The van der Waals surface area contributed by atoms with Crippen molar-refractivity contribution in [2.75, 3.05) is 13.1 Å². The highest BCUT2D eigenvalue weighted by atomic mass is 32.2. The first kappa shape index (κ1) is 14.0. The Morgan fingerprint density at radius 3 is 2.47 bits per heavy atom. The smallest absolute Gasteiger partial charge is 0.340 e. The van der Waals surface area contributed by atoms with Crippen LogP contribution in [0.3, 0.4) is 0 Å². The minimum atomic E-state index is -3.96. The highest BCUT2D eigenvalue weighted by molar-refractivity contribution is 7.89. The van der Waals surface area contributed by atoms with Gasteiger partial charge in [0.2, 0.25) is 10.0 Å². The van der Waals surface area contributed by atoms with Crippen molar-refractivity contribution < 1.29 is 27.8 Å². The summed E-state index contributed by atoms with van der Waals surface area (Å²) in [7, 11) is -3.96. The summed E-state index contributed by atoms with van der Waals surface area (Å²) in [6, 6.07) is 0. The molecule has 0 bridgehead atoms. The zero-order valence-electron chi connectivity index (χ0n) is 10.6. The molecule has 0 saturated carbocycles. The Balaban J connectivity index is 2.55. The van der Waals surface area contributed by atoms with Gasteiger partial charge in [-0.3, -0.25) is 0 Å². The van der Waals surface area contributed by atoms with Crippen LogP contribution in [0.1, 0.15) is 28.3 Å². The second-order valence-corrected chi connectivity index (χ2v) is 6.40. The van der Waals surface area contributed by atoms with Crippen molar-refractivity contribution in [3.05, 3.63) is 17.1 Å². The summed E-state index contributed by atoms with van der Waals surface area (Å²) < 4.78 is 31.1. The first-order valence-electron chi connectivity index (χ1n) is 5.76. The number of rotatable bonds is 3. The number of carboxylic acids is 1. The van der Waals surface area contributed by atoms with Gasteiger partial charge in [0.05, 0.1) is 6.10 Å². The van der Waals surface area contributed by atoms with E-state index >= 15 is 0 Å². The molecule has 1 aromatic heterocycles. The second kappa shape index (κ2) is 4.62. The second-order valence-electron chi connectivity index (χ2n) is 4.53. The van der Waals surface area contributed by atoms with Gasteiger partial charge in [-0.15, -0.1) is 0 Å². The Kier molecular flexibility index (Phi) is 3.41. The SMILES string of the molecule is Cc1oc(C)c(S(=O)(=O)N2CC[C@@H](O)C2)c1C(=O)O. The molecule has 1 atom stereocenters. The third-order valence-electron chi connectivity index (χ3n) is 3.14. The molecular weight excluding hydrogens is 274 g/mol. The molecule has 0 aromatic carbocycles. The van der Waals surface area contributed by atoms with E-state index < -0.39 is 22.1 Å². The number of β-amino-alcohol motifs (C(OH)–C–C–N with tert-alkyl or cyclic N) is 1. The molecule has 106 valence electrons. The number of sulfonamides is 1. The lowest BCUT2D eigenvalue weighted by atomic mass is 10.2. The fraction of sp³-hybridized carbons (Fsp3) is 0.545. The van der Waals surface area contributed by atoms with Crippen LogP contribution in [0.5, 0.6) is 0 Å². The summed E-state index contributed by atoms with van der Waals surface area (Å²) in [6.07, 6.45) is -0.367. The van der Waals surface area contributed by atoms with Crippen molar-refractivity contribution in [1.29, 1.82) is 0 Å².